The molecule has 0 saturated carbocycles. The van der Waals surface area contributed by atoms with E-state index in [1.807, 2.05) is 0 Å². The molecule has 1 aliphatic heterocycles. The van der Waals surface area contributed by atoms with Crippen LogP contribution in [-0.2, 0) is 14.3 Å². The summed E-state index contributed by atoms with van der Waals surface area (Å²) in [7, 11) is 0. The first-order valence-electron chi connectivity index (χ1n) is 6.15. The molecule has 19 heavy (non-hydrogen) atoms. The van der Waals surface area contributed by atoms with Crippen molar-refractivity contribution < 1.29 is 18.7 Å². The van der Waals surface area contributed by atoms with Gasteiger partial charge in [0.15, 0.2) is 0 Å². The number of carbonyl (C=O) groups excluding carboxylic acids is 1. The van der Waals surface area contributed by atoms with Gasteiger partial charge in [-0.25, -0.2) is 4.39 Å². The third-order valence-electron chi connectivity index (χ3n) is 2.93. The summed E-state index contributed by atoms with van der Waals surface area (Å²) in [5.41, 5.74) is 6.18. The number of amides is 1. The molecule has 0 radical (unpaired) electrons. The second-order valence-corrected chi connectivity index (χ2v) is 4.48. The lowest BCUT2D eigenvalue weighted by Crippen LogP contribution is -2.32. The van der Waals surface area contributed by atoms with Crippen LogP contribution in [0, 0.1) is 5.82 Å². The minimum atomic E-state index is -0.615. The molecule has 104 valence electrons. The summed E-state index contributed by atoms with van der Waals surface area (Å²) >= 11 is 0. The Kier molecular flexibility index (Phi) is 4.34. The molecule has 1 aromatic carbocycles. The molecular formula is C13H17FN2O3. The summed E-state index contributed by atoms with van der Waals surface area (Å²) in [5, 5.41) is 2.61. The smallest absolute Gasteiger partial charge is 0.253 e. The van der Waals surface area contributed by atoms with Crippen LogP contribution in [0.5, 0.6) is 0 Å². The number of nitrogen functional groups attached to an aromatic ring is 1. The fourth-order valence-corrected chi connectivity index (χ4v) is 1.85. The summed E-state index contributed by atoms with van der Waals surface area (Å²) in [6.07, 6.45) is 0.124. The Morgan fingerprint density at radius 3 is 3.05 bits per heavy atom. The Balaban J connectivity index is 1.92. The monoisotopic (exact) mass is 268 g/mol. The maximum absolute atomic E-state index is 12.9. The molecule has 2 unspecified atom stereocenters. The molecule has 2 atom stereocenters. The van der Waals surface area contributed by atoms with Crippen molar-refractivity contribution >= 4 is 17.3 Å². The minimum absolute atomic E-state index is 0.0497. The van der Waals surface area contributed by atoms with Crippen molar-refractivity contribution in [2.75, 3.05) is 24.3 Å². The lowest BCUT2D eigenvalue weighted by molar-refractivity contribution is -0.129. The average molecular weight is 268 g/mol. The lowest BCUT2D eigenvalue weighted by Gasteiger charge is -2.17. The number of hydrogen-bond donors (Lipinski definition) is 2. The lowest BCUT2D eigenvalue weighted by atomic mass is 10.2. The molecule has 1 aromatic rings. The predicted octanol–water partition coefficient (Wildman–Crippen LogP) is 1.54. The standard InChI is InChI=1S/C13H17FN2O3/c1-8(19-10-4-5-18-7-10)13(17)16-12-3-2-9(14)6-11(12)15/h2-3,6,8,10H,4-5,7,15H2,1H3,(H,16,17). The Hall–Kier alpha value is -1.66. The number of nitrogens with one attached hydrogen (secondary N) is 1. The van der Waals surface area contributed by atoms with Gasteiger partial charge in [-0.05, 0) is 31.5 Å². The zero-order valence-corrected chi connectivity index (χ0v) is 10.7. The number of carbonyl (C=O) groups is 1. The van der Waals surface area contributed by atoms with Gasteiger partial charge in [0.2, 0.25) is 0 Å². The zero-order chi connectivity index (χ0) is 13.8. The molecule has 1 heterocycles. The van der Waals surface area contributed by atoms with Gasteiger partial charge in [0.1, 0.15) is 11.9 Å². The van der Waals surface area contributed by atoms with E-state index in [-0.39, 0.29) is 17.7 Å². The number of ether oxygens (including phenoxy) is 2. The Morgan fingerprint density at radius 2 is 2.42 bits per heavy atom. The predicted molar refractivity (Wildman–Crippen MR) is 69.2 cm³/mol. The number of hydrogen-bond acceptors (Lipinski definition) is 4. The molecule has 0 spiro atoms. The number of benzene rings is 1. The fourth-order valence-electron chi connectivity index (χ4n) is 1.85. The molecule has 1 saturated heterocycles. The van der Waals surface area contributed by atoms with Crippen LogP contribution in [0.15, 0.2) is 18.2 Å². The van der Waals surface area contributed by atoms with Crippen LogP contribution in [0.2, 0.25) is 0 Å². The van der Waals surface area contributed by atoms with Gasteiger partial charge in [-0.15, -0.1) is 0 Å². The fraction of sp³-hybridized carbons (Fsp3) is 0.462. The number of halogens is 1. The van der Waals surface area contributed by atoms with Gasteiger partial charge in [0.05, 0.1) is 24.1 Å². The third-order valence-corrected chi connectivity index (χ3v) is 2.93. The van der Waals surface area contributed by atoms with E-state index >= 15 is 0 Å². The maximum atomic E-state index is 12.9. The molecule has 6 heteroatoms. The molecule has 3 N–H and O–H groups in total. The second-order valence-electron chi connectivity index (χ2n) is 4.48. The van der Waals surface area contributed by atoms with Crippen LogP contribution in [0.3, 0.4) is 0 Å². The summed E-state index contributed by atoms with van der Waals surface area (Å²) in [6.45, 7) is 2.83. The van der Waals surface area contributed by atoms with Gasteiger partial charge in [-0.2, -0.15) is 0 Å². The first kappa shape index (κ1) is 13.8. The number of nitrogens with two attached hydrogens (primary N) is 1. The van der Waals surface area contributed by atoms with E-state index in [0.29, 0.717) is 18.9 Å². The van der Waals surface area contributed by atoms with Crippen molar-refractivity contribution in [2.24, 2.45) is 0 Å². The average Bonchev–Trinajstić information content (AvgIpc) is 2.85. The van der Waals surface area contributed by atoms with Gasteiger partial charge < -0.3 is 20.5 Å². The molecular weight excluding hydrogens is 251 g/mol. The van der Waals surface area contributed by atoms with Gasteiger partial charge in [0, 0.05) is 6.61 Å². The summed E-state index contributed by atoms with van der Waals surface area (Å²) in [4.78, 5) is 11.9. The van der Waals surface area contributed by atoms with Crippen molar-refractivity contribution in [2.45, 2.75) is 25.6 Å². The van der Waals surface area contributed by atoms with Gasteiger partial charge in [0.25, 0.3) is 5.91 Å². The molecule has 1 aliphatic rings. The topological polar surface area (TPSA) is 73.6 Å². The van der Waals surface area contributed by atoms with E-state index in [9.17, 15) is 9.18 Å². The molecule has 0 aliphatic carbocycles. The quantitative estimate of drug-likeness (QED) is 0.812. The molecule has 5 nitrogen and oxygen atoms in total. The van der Waals surface area contributed by atoms with Crippen molar-refractivity contribution in [1.82, 2.24) is 0 Å². The zero-order valence-electron chi connectivity index (χ0n) is 10.7. The molecule has 0 aromatic heterocycles. The summed E-state index contributed by atoms with van der Waals surface area (Å²) in [6, 6.07) is 3.82. The third kappa shape index (κ3) is 3.65. The highest BCUT2D eigenvalue weighted by atomic mass is 19.1. The van der Waals surface area contributed by atoms with E-state index in [4.69, 9.17) is 15.2 Å². The van der Waals surface area contributed by atoms with Crippen LogP contribution in [0.1, 0.15) is 13.3 Å². The normalized spacial score (nSPS) is 20.2. The van der Waals surface area contributed by atoms with Crippen molar-refractivity contribution in [3.63, 3.8) is 0 Å². The van der Waals surface area contributed by atoms with Crippen LogP contribution in [-0.4, -0.2) is 31.3 Å². The largest absolute Gasteiger partial charge is 0.397 e. The van der Waals surface area contributed by atoms with E-state index in [2.05, 4.69) is 5.32 Å². The molecule has 0 bridgehead atoms. The van der Waals surface area contributed by atoms with Crippen LogP contribution in [0.25, 0.3) is 0 Å². The highest BCUT2D eigenvalue weighted by Gasteiger charge is 2.23. The van der Waals surface area contributed by atoms with Crippen LogP contribution >= 0.6 is 0 Å². The Bertz CT molecular complexity index is 461. The van der Waals surface area contributed by atoms with Crippen molar-refractivity contribution in [1.29, 1.82) is 0 Å². The summed E-state index contributed by atoms with van der Waals surface area (Å²) < 4.78 is 23.6. The van der Waals surface area contributed by atoms with Gasteiger partial charge in [-0.1, -0.05) is 0 Å². The second kappa shape index (κ2) is 5.99. The van der Waals surface area contributed by atoms with Gasteiger partial charge >= 0.3 is 0 Å². The van der Waals surface area contributed by atoms with Crippen molar-refractivity contribution in [3.05, 3.63) is 24.0 Å². The summed E-state index contributed by atoms with van der Waals surface area (Å²) in [5.74, 6) is -0.756. The van der Waals surface area contributed by atoms with E-state index < -0.39 is 11.9 Å². The highest BCUT2D eigenvalue weighted by Crippen LogP contribution is 2.20. The SMILES string of the molecule is CC(OC1CCOC1)C(=O)Nc1ccc(F)cc1N. The first-order chi connectivity index (χ1) is 9.06. The highest BCUT2D eigenvalue weighted by molar-refractivity contribution is 5.96. The number of rotatable bonds is 4. The minimum Gasteiger partial charge on any atom is -0.397 e. The van der Waals surface area contributed by atoms with E-state index in [0.717, 1.165) is 12.5 Å². The van der Waals surface area contributed by atoms with Gasteiger partial charge in [-0.3, -0.25) is 4.79 Å². The Labute approximate surface area is 110 Å². The van der Waals surface area contributed by atoms with Crippen LogP contribution in [0.4, 0.5) is 15.8 Å². The molecule has 2 rings (SSSR count). The van der Waals surface area contributed by atoms with Crippen molar-refractivity contribution in [3.8, 4) is 0 Å². The number of anilines is 2. The molecule has 1 amide bonds. The maximum Gasteiger partial charge on any atom is 0.253 e. The van der Waals surface area contributed by atoms with Crippen LogP contribution < -0.4 is 11.1 Å². The first-order valence-corrected chi connectivity index (χ1v) is 6.15. The molecule has 1 fully saturated rings. The Morgan fingerprint density at radius 1 is 1.63 bits per heavy atom. The van der Waals surface area contributed by atoms with E-state index in [1.54, 1.807) is 6.92 Å². The van der Waals surface area contributed by atoms with E-state index in [1.165, 1.54) is 12.1 Å².